The van der Waals surface area contributed by atoms with E-state index in [1.807, 2.05) is 0 Å². The monoisotopic (exact) mass is 324 g/mol. The maximum Gasteiger partial charge on any atom is 0.241 e. The van der Waals surface area contributed by atoms with E-state index < -0.39 is 10.0 Å². The second-order valence-corrected chi connectivity index (χ2v) is 6.80. The van der Waals surface area contributed by atoms with Gasteiger partial charge in [-0.25, -0.2) is 13.1 Å². The van der Waals surface area contributed by atoms with Gasteiger partial charge in [-0.2, -0.15) is 0 Å². The molecule has 1 atom stereocenters. The highest BCUT2D eigenvalue weighted by Gasteiger charge is 2.18. The van der Waals surface area contributed by atoms with Gasteiger partial charge < -0.3 is 0 Å². The third-order valence-corrected chi connectivity index (χ3v) is 4.90. The van der Waals surface area contributed by atoms with Crippen molar-refractivity contribution < 1.29 is 8.42 Å². The Hall–Kier alpha value is -1.43. The van der Waals surface area contributed by atoms with Gasteiger partial charge in [0.2, 0.25) is 10.0 Å². The minimum Gasteiger partial charge on any atom is -0.265 e. The number of sulfonamides is 1. The van der Waals surface area contributed by atoms with Crippen molar-refractivity contribution in [2.24, 2.45) is 0 Å². The van der Waals surface area contributed by atoms with E-state index >= 15 is 0 Å². The van der Waals surface area contributed by atoms with E-state index in [1.165, 1.54) is 0 Å². The van der Waals surface area contributed by atoms with Crippen molar-refractivity contribution in [1.29, 1.82) is 0 Å². The SMILES string of the molecule is CC(NS(=O)(=O)c1ccc(CCCl)cc1)c1ccncc1. The summed E-state index contributed by atoms with van der Waals surface area (Å²) >= 11 is 5.67. The molecule has 6 heteroatoms. The minimum absolute atomic E-state index is 0.252. The average Bonchev–Trinajstić information content (AvgIpc) is 2.48. The maximum absolute atomic E-state index is 12.3. The number of nitrogens with zero attached hydrogens (tertiary/aromatic N) is 1. The predicted octanol–water partition coefficient (Wildman–Crippen LogP) is 2.90. The van der Waals surface area contributed by atoms with Crippen LogP contribution in [-0.4, -0.2) is 19.3 Å². The molecule has 0 saturated heterocycles. The van der Waals surface area contributed by atoms with Crippen molar-refractivity contribution in [1.82, 2.24) is 9.71 Å². The number of rotatable bonds is 6. The Bertz CT molecular complexity index is 673. The molecule has 0 aliphatic rings. The van der Waals surface area contributed by atoms with Crippen molar-refractivity contribution >= 4 is 21.6 Å². The highest BCUT2D eigenvalue weighted by atomic mass is 35.5. The summed E-state index contributed by atoms with van der Waals surface area (Å²) in [5.41, 5.74) is 1.89. The van der Waals surface area contributed by atoms with Gasteiger partial charge in [0.1, 0.15) is 0 Å². The lowest BCUT2D eigenvalue weighted by Gasteiger charge is -2.14. The normalized spacial score (nSPS) is 13.0. The van der Waals surface area contributed by atoms with E-state index in [0.29, 0.717) is 5.88 Å². The molecule has 1 heterocycles. The average molecular weight is 325 g/mol. The molecule has 21 heavy (non-hydrogen) atoms. The summed E-state index contributed by atoms with van der Waals surface area (Å²) in [6, 6.07) is 10.0. The van der Waals surface area contributed by atoms with Gasteiger partial charge >= 0.3 is 0 Å². The molecule has 0 bridgehead atoms. The Morgan fingerprint density at radius 3 is 2.33 bits per heavy atom. The molecule has 0 fully saturated rings. The summed E-state index contributed by atoms with van der Waals surface area (Å²) < 4.78 is 27.3. The van der Waals surface area contributed by atoms with Gasteiger partial charge in [-0.15, -0.1) is 11.6 Å². The lowest BCUT2D eigenvalue weighted by molar-refractivity contribution is 0.567. The quantitative estimate of drug-likeness (QED) is 0.831. The van der Waals surface area contributed by atoms with E-state index in [2.05, 4.69) is 9.71 Å². The van der Waals surface area contributed by atoms with Crippen LogP contribution in [0, 0.1) is 0 Å². The van der Waals surface area contributed by atoms with Crippen molar-refractivity contribution in [3.05, 3.63) is 59.9 Å². The van der Waals surface area contributed by atoms with Crippen molar-refractivity contribution in [2.75, 3.05) is 5.88 Å². The molecule has 112 valence electrons. The van der Waals surface area contributed by atoms with Crippen molar-refractivity contribution in [3.63, 3.8) is 0 Å². The third-order valence-electron chi connectivity index (χ3n) is 3.15. The molecule has 1 N–H and O–H groups in total. The zero-order valence-corrected chi connectivity index (χ0v) is 13.2. The number of alkyl halides is 1. The molecular formula is C15H17ClN2O2S. The first-order valence-corrected chi connectivity index (χ1v) is 8.62. The van der Waals surface area contributed by atoms with Crippen LogP contribution in [0.15, 0.2) is 53.7 Å². The first-order valence-electron chi connectivity index (χ1n) is 6.60. The van der Waals surface area contributed by atoms with Gasteiger partial charge in [0.25, 0.3) is 0 Å². The number of hydrogen-bond donors (Lipinski definition) is 1. The van der Waals surface area contributed by atoms with Crippen LogP contribution in [0.3, 0.4) is 0 Å². The van der Waals surface area contributed by atoms with E-state index in [-0.39, 0.29) is 10.9 Å². The largest absolute Gasteiger partial charge is 0.265 e. The van der Waals surface area contributed by atoms with Crippen LogP contribution in [0.5, 0.6) is 0 Å². The summed E-state index contributed by atoms with van der Waals surface area (Å²) in [4.78, 5) is 4.17. The van der Waals surface area contributed by atoms with Gasteiger partial charge in [-0.3, -0.25) is 4.98 Å². The molecule has 0 aliphatic carbocycles. The zero-order chi connectivity index (χ0) is 15.3. The van der Waals surface area contributed by atoms with Crippen LogP contribution in [0.1, 0.15) is 24.1 Å². The van der Waals surface area contributed by atoms with E-state index in [9.17, 15) is 8.42 Å². The fourth-order valence-electron chi connectivity index (χ4n) is 1.97. The zero-order valence-electron chi connectivity index (χ0n) is 11.7. The van der Waals surface area contributed by atoms with E-state index in [4.69, 9.17) is 11.6 Å². The lowest BCUT2D eigenvalue weighted by Crippen LogP contribution is -2.26. The van der Waals surface area contributed by atoms with E-state index in [0.717, 1.165) is 17.5 Å². The van der Waals surface area contributed by atoms with Gasteiger partial charge in [0.15, 0.2) is 0 Å². The summed E-state index contributed by atoms with van der Waals surface area (Å²) in [5.74, 6) is 0.517. The second kappa shape index (κ2) is 7.02. The number of hydrogen-bond acceptors (Lipinski definition) is 3. The Morgan fingerprint density at radius 2 is 1.76 bits per heavy atom. The topological polar surface area (TPSA) is 59.1 Å². The minimum atomic E-state index is -3.54. The molecule has 0 radical (unpaired) electrons. The standard InChI is InChI=1S/C15H17ClN2O2S/c1-12(14-7-10-17-11-8-14)18-21(19,20)15-4-2-13(3-5-15)6-9-16/h2-5,7-8,10-12,18H,6,9H2,1H3. The molecule has 1 aromatic heterocycles. The molecule has 0 spiro atoms. The first-order chi connectivity index (χ1) is 10.0. The Balaban J connectivity index is 2.14. The smallest absolute Gasteiger partial charge is 0.241 e. The number of nitrogens with one attached hydrogen (secondary N) is 1. The molecule has 0 saturated carbocycles. The van der Waals surface area contributed by atoms with Crippen LogP contribution in [0.25, 0.3) is 0 Å². The summed E-state index contributed by atoms with van der Waals surface area (Å²) in [6.45, 7) is 1.80. The van der Waals surface area contributed by atoms with Crippen molar-refractivity contribution in [3.8, 4) is 0 Å². The number of halogens is 1. The Kier molecular flexibility index (Phi) is 5.33. The molecule has 4 nitrogen and oxygen atoms in total. The fraction of sp³-hybridized carbons (Fsp3) is 0.267. The van der Waals surface area contributed by atoms with Crippen molar-refractivity contribution in [2.45, 2.75) is 24.3 Å². The third kappa shape index (κ3) is 4.27. The Labute approximate surface area is 130 Å². The van der Waals surface area contributed by atoms with Crippen LogP contribution in [0.2, 0.25) is 0 Å². The molecule has 1 unspecified atom stereocenters. The highest BCUT2D eigenvalue weighted by molar-refractivity contribution is 7.89. The second-order valence-electron chi connectivity index (χ2n) is 4.71. The summed E-state index contributed by atoms with van der Waals surface area (Å²) in [7, 11) is -3.54. The molecule has 2 aromatic rings. The van der Waals surface area contributed by atoms with Crippen LogP contribution >= 0.6 is 11.6 Å². The number of benzene rings is 1. The molecule has 1 aromatic carbocycles. The maximum atomic E-state index is 12.3. The van der Waals surface area contributed by atoms with E-state index in [1.54, 1.807) is 55.7 Å². The number of pyridine rings is 1. The van der Waals surface area contributed by atoms with Crippen LogP contribution in [-0.2, 0) is 16.4 Å². The van der Waals surface area contributed by atoms with Gasteiger partial charge in [-0.05, 0) is 48.7 Å². The lowest BCUT2D eigenvalue weighted by atomic mass is 10.1. The number of aromatic nitrogens is 1. The van der Waals surface area contributed by atoms with Gasteiger partial charge in [0.05, 0.1) is 4.90 Å². The summed E-state index contributed by atoms with van der Waals surface area (Å²) in [5, 5.41) is 0. The summed E-state index contributed by atoms with van der Waals surface area (Å²) in [6.07, 6.45) is 4.00. The molecule has 0 amide bonds. The number of aryl methyl sites for hydroxylation is 1. The van der Waals surface area contributed by atoms with Crippen LogP contribution in [0.4, 0.5) is 0 Å². The molecule has 0 aliphatic heterocycles. The predicted molar refractivity (Wildman–Crippen MR) is 83.8 cm³/mol. The van der Waals surface area contributed by atoms with Gasteiger partial charge in [-0.1, -0.05) is 12.1 Å². The molecule has 2 rings (SSSR count). The van der Waals surface area contributed by atoms with Gasteiger partial charge in [0, 0.05) is 24.3 Å². The highest BCUT2D eigenvalue weighted by Crippen LogP contribution is 2.17. The first kappa shape index (κ1) is 15.9. The Morgan fingerprint density at radius 1 is 1.14 bits per heavy atom. The molecular weight excluding hydrogens is 308 g/mol. The van der Waals surface area contributed by atoms with Crippen LogP contribution < -0.4 is 4.72 Å². The fourth-order valence-corrected chi connectivity index (χ4v) is 3.42.